The normalized spacial score (nSPS) is 12.2. The number of methoxy groups -OCH3 is 1. The molecule has 0 saturated heterocycles. The van der Waals surface area contributed by atoms with Crippen molar-refractivity contribution in [1.29, 1.82) is 0 Å². The molecule has 0 saturated carbocycles. The van der Waals surface area contributed by atoms with E-state index in [1.165, 1.54) is 12.0 Å². The first-order valence-electron chi connectivity index (χ1n) is 5.31. The number of likely N-dealkylation sites (N-methyl/N-ethyl adjacent to an activating group) is 1. The van der Waals surface area contributed by atoms with Crippen LogP contribution < -0.4 is 5.32 Å². The van der Waals surface area contributed by atoms with Gasteiger partial charge in [0.1, 0.15) is 6.04 Å². The highest BCUT2D eigenvalue weighted by Gasteiger charge is 2.15. The van der Waals surface area contributed by atoms with Crippen molar-refractivity contribution in [3.63, 3.8) is 0 Å². The second kappa shape index (κ2) is 7.74. The Bertz CT molecular complexity index is 373. The summed E-state index contributed by atoms with van der Waals surface area (Å²) in [6.45, 7) is 0. The third-order valence-electron chi connectivity index (χ3n) is 2.31. The molecular weight excluding hydrogens is 302 g/mol. The first kappa shape index (κ1) is 14.5. The zero-order chi connectivity index (χ0) is 12.7. The van der Waals surface area contributed by atoms with Gasteiger partial charge in [0.2, 0.25) is 0 Å². The molecule has 0 amide bonds. The van der Waals surface area contributed by atoms with Crippen LogP contribution in [-0.4, -0.2) is 31.9 Å². The molecule has 1 aromatic rings. The van der Waals surface area contributed by atoms with Gasteiger partial charge in [-0.2, -0.15) is 0 Å². The van der Waals surface area contributed by atoms with Gasteiger partial charge in [0.05, 0.1) is 7.11 Å². The maximum Gasteiger partial charge on any atom is 0.322 e. The lowest BCUT2D eigenvalue weighted by Gasteiger charge is -2.12. The second-order valence-electron chi connectivity index (χ2n) is 3.46. The monoisotopic (exact) mass is 317 g/mol. The third kappa shape index (κ3) is 5.10. The zero-order valence-corrected chi connectivity index (χ0v) is 12.3. The molecule has 0 aliphatic heterocycles. The summed E-state index contributed by atoms with van der Waals surface area (Å²) in [5.41, 5.74) is 0. The van der Waals surface area contributed by atoms with Gasteiger partial charge in [0.15, 0.2) is 0 Å². The Hall–Kier alpha value is -0.520. The van der Waals surface area contributed by atoms with Gasteiger partial charge in [-0.25, -0.2) is 0 Å². The van der Waals surface area contributed by atoms with Gasteiger partial charge in [-0.15, -0.1) is 11.8 Å². The predicted molar refractivity (Wildman–Crippen MR) is 74.3 cm³/mol. The fraction of sp³-hybridized carbons (Fsp3) is 0.417. The predicted octanol–water partition coefficient (Wildman–Crippen LogP) is 2.69. The summed E-state index contributed by atoms with van der Waals surface area (Å²) in [5, 5.41) is 2.95. The van der Waals surface area contributed by atoms with Gasteiger partial charge in [0, 0.05) is 15.1 Å². The first-order chi connectivity index (χ1) is 8.17. The van der Waals surface area contributed by atoms with E-state index in [2.05, 4.69) is 33.4 Å². The topological polar surface area (TPSA) is 38.3 Å². The molecule has 17 heavy (non-hydrogen) atoms. The van der Waals surface area contributed by atoms with Crippen molar-refractivity contribution in [1.82, 2.24) is 5.32 Å². The van der Waals surface area contributed by atoms with Crippen LogP contribution in [0.1, 0.15) is 6.42 Å². The minimum absolute atomic E-state index is 0.206. The van der Waals surface area contributed by atoms with Crippen LogP contribution in [0.2, 0.25) is 0 Å². The highest BCUT2D eigenvalue weighted by Crippen LogP contribution is 2.22. The minimum Gasteiger partial charge on any atom is -0.468 e. The van der Waals surface area contributed by atoms with E-state index in [1.54, 1.807) is 18.8 Å². The van der Waals surface area contributed by atoms with Gasteiger partial charge >= 0.3 is 5.97 Å². The van der Waals surface area contributed by atoms with Crippen molar-refractivity contribution in [2.45, 2.75) is 17.4 Å². The Kier molecular flexibility index (Phi) is 6.62. The van der Waals surface area contributed by atoms with E-state index in [0.29, 0.717) is 0 Å². The summed E-state index contributed by atoms with van der Waals surface area (Å²) in [6.07, 6.45) is 0.750. The fourth-order valence-electron chi connectivity index (χ4n) is 1.37. The van der Waals surface area contributed by atoms with Crippen LogP contribution in [0.15, 0.2) is 33.6 Å². The molecule has 0 aliphatic rings. The number of ether oxygens (including phenoxy) is 1. The molecule has 1 atom stereocenters. The van der Waals surface area contributed by atoms with E-state index in [1.807, 2.05) is 12.1 Å². The van der Waals surface area contributed by atoms with Crippen LogP contribution in [0.4, 0.5) is 0 Å². The van der Waals surface area contributed by atoms with E-state index in [0.717, 1.165) is 16.6 Å². The van der Waals surface area contributed by atoms with Gasteiger partial charge in [0.25, 0.3) is 0 Å². The van der Waals surface area contributed by atoms with Crippen molar-refractivity contribution in [2.24, 2.45) is 0 Å². The average Bonchev–Trinajstić information content (AvgIpc) is 2.34. The van der Waals surface area contributed by atoms with Crippen molar-refractivity contribution in [2.75, 3.05) is 19.9 Å². The molecule has 0 heterocycles. The molecule has 1 unspecified atom stereocenters. The maximum absolute atomic E-state index is 11.3. The van der Waals surface area contributed by atoms with E-state index in [9.17, 15) is 4.79 Å². The van der Waals surface area contributed by atoms with Crippen LogP contribution in [0.25, 0.3) is 0 Å². The number of thioether (sulfide) groups is 1. The molecule has 0 aliphatic carbocycles. The Morgan fingerprint density at radius 1 is 1.59 bits per heavy atom. The SMILES string of the molecule is CNC(CCSc1cccc(Br)c1)C(=O)OC. The Morgan fingerprint density at radius 3 is 2.94 bits per heavy atom. The van der Waals surface area contributed by atoms with Gasteiger partial charge in [-0.05, 0) is 31.7 Å². The molecule has 1 aromatic carbocycles. The number of rotatable bonds is 6. The largest absolute Gasteiger partial charge is 0.468 e. The fourth-order valence-corrected chi connectivity index (χ4v) is 2.90. The van der Waals surface area contributed by atoms with E-state index in [4.69, 9.17) is 4.74 Å². The second-order valence-corrected chi connectivity index (χ2v) is 5.54. The van der Waals surface area contributed by atoms with E-state index in [-0.39, 0.29) is 12.0 Å². The molecular formula is C12H16BrNO2S. The summed E-state index contributed by atoms with van der Waals surface area (Å²) in [4.78, 5) is 12.5. The molecule has 0 aromatic heterocycles. The van der Waals surface area contributed by atoms with Crippen LogP contribution in [0.3, 0.4) is 0 Å². The van der Waals surface area contributed by atoms with Crippen LogP contribution in [0.5, 0.6) is 0 Å². The van der Waals surface area contributed by atoms with Crippen LogP contribution >= 0.6 is 27.7 Å². The van der Waals surface area contributed by atoms with Crippen molar-refractivity contribution in [3.8, 4) is 0 Å². The number of carbonyl (C=O) groups is 1. The molecule has 5 heteroatoms. The Labute approximate surface area is 114 Å². The molecule has 1 N–H and O–H groups in total. The van der Waals surface area contributed by atoms with Crippen molar-refractivity contribution in [3.05, 3.63) is 28.7 Å². The van der Waals surface area contributed by atoms with Crippen LogP contribution in [-0.2, 0) is 9.53 Å². The number of halogens is 1. The van der Waals surface area contributed by atoms with Crippen LogP contribution in [0, 0.1) is 0 Å². The first-order valence-corrected chi connectivity index (χ1v) is 7.08. The number of carbonyl (C=O) groups excluding carboxylic acids is 1. The Balaban J connectivity index is 2.38. The highest BCUT2D eigenvalue weighted by atomic mass is 79.9. The van der Waals surface area contributed by atoms with Gasteiger partial charge < -0.3 is 10.1 Å². The minimum atomic E-state index is -0.223. The number of hydrogen-bond donors (Lipinski definition) is 1. The summed E-state index contributed by atoms with van der Waals surface area (Å²) < 4.78 is 5.78. The lowest BCUT2D eigenvalue weighted by Crippen LogP contribution is -2.35. The number of benzene rings is 1. The molecule has 94 valence electrons. The lowest BCUT2D eigenvalue weighted by atomic mass is 10.2. The standard InChI is InChI=1S/C12H16BrNO2S/c1-14-11(12(15)16-2)6-7-17-10-5-3-4-9(13)8-10/h3-5,8,11,14H,6-7H2,1-2H3. The molecule has 0 spiro atoms. The highest BCUT2D eigenvalue weighted by molar-refractivity contribution is 9.10. The molecule has 0 radical (unpaired) electrons. The van der Waals surface area contributed by atoms with Gasteiger partial charge in [-0.1, -0.05) is 22.0 Å². The maximum atomic E-state index is 11.3. The molecule has 0 fully saturated rings. The quantitative estimate of drug-likeness (QED) is 0.646. The molecule has 3 nitrogen and oxygen atoms in total. The number of esters is 1. The number of hydrogen-bond acceptors (Lipinski definition) is 4. The lowest BCUT2D eigenvalue weighted by molar-refractivity contribution is -0.143. The summed E-state index contributed by atoms with van der Waals surface area (Å²) in [6, 6.07) is 7.90. The zero-order valence-electron chi connectivity index (χ0n) is 9.90. The average molecular weight is 318 g/mol. The van der Waals surface area contributed by atoms with Crippen molar-refractivity contribution >= 4 is 33.7 Å². The van der Waals surface area contributed by atoms with Crippen molar-refractivity contribution < 1.29 is 9.53 Å². The smallest absolute Gasteiger partial charge is 0.322 e. The van der Waals surface area contributed by atoms with E-state index >= 15 is 0 Å². The summed E-state index contributed by atoms with van der Waals surface area (Å²) in [5.74, 6) is 0.666. The number of nitrogens with one attached hydrogen (secondary N) is 1. The third-order valence-corrected chi connectivity index (χ3v) is 3.83. The Morgan fingerprint density at radius 2 is 2.35 bits per heavy atom. The summed E-state index contributed by atoms with van der Waals surface area (Å²) in [7, 11) is 3.18. The molecule has 0 bridgehead atoms. The summed E-state index contributed by atoms with van der Waals surface area (Å²) >= 11 is 5.16. The molecule has 1 rings (SSSR count). The van der Waals surface area contributed by atoms with E-state index < -0.39 is 0 Å². The van der Waals surface area contributed by atoms with Gasteiger partial charge in [-0.3, -0.25) is 4.79 Å².